The maximum Gasteiger partial charge on any atom is 0.246 e. The molecule has 3 aromatic carbocycles. The molecule has 4 nitrogen and oxygen atoms in total. The van der Waals surface area contributed by atoms with Crippen LogP contribution in [0.1, 0.15) is 17.2 Å². The fourth-order valence-electron chi connectivity index (χ4n) is 4.01. The number of benzene rings is 3. The Morgan fingerprint density at radius 2 is 1.50 bits per heavy atom. The van der Waals surface area contributed by atoms with Crippen LogP contribution in [0, 0.1) is 5.82 Å². The van der Waals surface area contributed by atoms with Gasteiger partial charge in [-0.05, 0) is 35.4 Å². The molecule has 1 atom stereocenters. The van der Waals surface area contributed by atoms with Gasteiger partial charge in [-0.15, -0.1) is 0 Å². The molecule has 0 radical (unpaired) electrons. The van der Waals surface area contributed by atoms with Crippen molar-refractivity contribution in [1.29, 1.82) is 0 Å². The summed E-state index contributed by atoms with van der Waals surface area (Å²) < 4.78 is 13.2. The van der Waals surface area contributed by atoms with Gasteiger partial charge in [-0.3, -0.25) is 14.6 Å². The second-order valence-electron chi connectivity index (χ2n) is 7.96. The lowest BCUT2D eigenvalue weighted by Gasteiger charge is -2.38. The molecule has 1 fully saturated rings. The van der Waals surface area contributed by atoms with Crippen molar-refractivity contribution in [2.24, 2.45) is 0 Å². The van der Waals surface area contributed by atoms with Gasteiger partial charge in [0, 0.05) is 38.4 Å². The first-order chi connectivity index (χ1) is 15.7. The maximum atomic E-state index is 13.2. The lowest BCUT2D eigenvalue weighted by Crippen LogP contribution is -2.50. The van der Waals surface area contributed by atoms with E-state index in [-0.39, 0.29) is 17.8 Å². The van der Waals surface area contributed by atoms with Crippen LogP contribution in [0.5, 0.6) is 0 Å². The van der Waals surface area contributed by atoms with Crippen molar-refractivity contribution >= 4 is 17.7 Å². The van der Waals surface area contributed by atoms with Gasteiger partial charge in [0.15, 0.2) is 0 Å². The third-order valence-electron chi connectivity index (χ3n) is 5.72. The smallest absolute Gasteiger partial charge is 0.246 e. The van der Waals surface area contributed by atoms with Crippen LogP contribution in [0.25, 0.3) is 6.08 Å². The van der Waals surface area contributed by atoms with E-state index in [0.717, 1.165) is 38.3 Å². The predicted octanol–water partition coefficient (Wildman–Crippen LogP) is 4.84. The standard InChI is InChI=1S/C27H28FN3O/c28-24-13-15-25(16-14-24)29-27(32)26(23-11-5-2-6-12-23)31-20-18-30(19-21-31)17-7-10-22-8-3-1-4-9-22/h1-16,26H,17-21H2,(H,29,32)/b10-7+. The highest BCUT2D eigenvalue weighted by atomic mass is 19.1. The second-order valence-corrected chi connectivity index (χ2v) is 7.96. The van der Waals surface area contributed by atoms with Crippen molar-refractivity contribution < 1.29 is 9.18 Å². The van der Waals surface area contributed by atoms with Crippen molar-refractivity contribution in [3.8, 4) is 0 Å². The van der Waals surface area contributed by atoms with Crippen molar-refractivity contribution in [2.45, 2.75) is 6.04 Å². The topological polar surface area (TPSA) is 35.6 Å². The van der Waals surface area contributed by atoms with Gasteiger partial charge < -0.3 is 5.32 Å². The molecule has 3 aromatic rings. The van der Waals surface area contributed by atoms with Gasteiger partial charge in [-0.25, -0.2) is 4.39 Å². The van der Waals surface area contributed by atoms with E-state index in [1.807, 2.05) is 48.5 Å². The van der Waals surface area contributed by atoms with Crippen LogP contribution in [0.4, 0.5) is 10.1 Å². The maximum absolute atomic E-state index is 13.2. The van der Waals surface area contributed by atoms with Gasteiger partial charge in [0.2, 0.25) is 5.91 Å². The lowest BCUT2D eigenvalue weighted by molar-refractivity contribution is -0.122. The third kappa shape index (κ3) is 5.90. The summed E-state index contributed by atoms with van der Waals surface area (Å²) in [4.78, 5) is 17.9. The number of amides is 1. The highest BCUT2D eigenvalue weighted by Gasteiger charge is 2.30. The van der Waals surface area contributed by atoms with Gasteiger partial charge in [-0.2, -0.15) is 0 Å². The quantitative estimate of drug-likeness (QED) is 0.584. The molecule has 0 aromatic heterocycles. The van der Waals surface area contributed by atoms with Gasteiger partial charge in [-0.1, -0.05) is 72.8 Å². The number of rotatable bonds is 7. The molecule has 164 valence electrons. The highest BCUT2D eigenvalue weighted by Crippen LogP contribution is 2.24. The van der Waals surface area contributed by atoms with E-state index in [9.17, 15) is 9.18 Å². The minimum atomic E-state index is -0.386. The molecule has 5 heteroatoms. The van der Waals surface area contributed by atoms with Crippen molar-refractivity contribution in [2.75, 3.05) is 38.0 Å². The Kier molecular flexibility index (Phi) is 7.43. The number of piperazine rings is 1. The number of anilines is 1. The number of carbonyl (C=O) groups is 1. The molecule has 1 aliphatic rings. The molecule has 1 saturated heterocycles. The highest BCUT2D eigenvalue weighted by molar-refractivity contribution is 5.95. The number of hydrogen-bond acceptors (Lipinski definition) is 3. The number of halogens is 1. The van der Waals surface area contributed by atoms with Gasteiger partial charge >= 0.3 is 0 Å². The summed E-state index contributed by atoms with van der Waals surface area (Å²) >= 11 is 0. The van der Waals surface area contributed by atoms with E-state index in [0.29, 0.717) is 5.69 Å². The minimum absolute atomic E-state index is 0.0970. The molecular formula is C27H28FN3O. The van der Waals surface area contributed by atoms with Crippen molar-refractivity contribution in [1.82, 2.24) is 9.80 Å². The van der Waals surface area contributed by atoms with Crippen LogP contribution in [-0.4, -0.2) is 48.4 Å². The molecule has 1 heterocycles. The fourth-order valence-corrected chi connectivity index (χ4v) is 4.01. The molecule has 0 bridgehead atoms. The lowest BCUT2D eigenvalue weighted by atomic mass is 10.0. The minimum Gasteiger partial charge on any atom is -0.324 e. The van der Waals surface area contributed by atoms with Crippen molar-refractivity contribution in [3.63, 3.8) is 0 Å². The molecule has 1 unspecified atom stereocenters. The van der Waals surface area contributed by atoms with Crippen LogP contribution in [0.15, 0.2) is 91.0 Å². The van der Waals surface area contributed by atoms with Crippen LogP contribution >= 0.6 is 0 Å². The van der Waals surface area contributed by atoms with E-state index in [1.165, 1.54) is 17.7 Å². The molecule has 32 heavy (non-hydrogen) atoms. The number of nitrogens with one attached hydrogen (secondary N) is 1. The number of hydrogen-bond donors (Lipinski definition) is 1. The second kappa shape index (κ2) is 10.8. The SMILES string of the molecule is O=C(Nc1ccc(F)cc1)C(c1ccccc1)N1CCN(C/C=C/c2ccccc2)CC1. The first kappa shape index (κ1) is 21.9. The van der Waals surface area contributed by atoms with E-state index < -0.39 is 0 Å². The van der Waals surface area contributed by atoms with E-state index in [2.05, 4.69) is 39.4 Å². The monoisotopic (exact) mass is 429 g/mol. The zero-order chi connectivity index (χ0) is 22.2. The molecule has 4 rings (SSSR count). The summed E-state index contributed by atoms with van der Waals surface area (Å²) in [6.45, 7) is 4.28. The van der Waals surface area contributed by atoms with E-state index >= 15 is 0 Å². The zero-order valence-electron chi connectivity index (χ0n) is 18.0. The van der Waals surface area contributed by atoms with Crippen LogP contribution in [0.2, 0.25) is 0 Å². The van der Waals surface area contributed by atoms with E-state index in [4.69, 9.17) is 0 Å². The average Bonchev–Trinajstić information content (AvgIpc) is 2.83. The fraction of sp³-hybridized carbons (Fsp3) is 0.222. The zero-order valence-corrected chi connectivity index (χ0v) is 18.0. The summed E-state index contributed by atoms with van der Waals surface area (Å²) in [5.74, 6) is -0.416. The number of carbonyl (C=O) groups excluding carboxylic acids is 1. The Morgan fingerprint density at radius 3 is 2.16 bits per heavy atom. The van der Waals surface area contributed by atoms with E-state index in [1.54, 1.807) is 12.1 Å². The molecule has 0 spiro atoms. The summed E-state index contributed by atoms with van der Waals surface area (Å²) in [5.41, 5.74) is 2.76. The number of nitrogens with zero attached hydrogens (tertiary/aromatic N) is 2. The normalized spacial score (nSPS) is 16.2. The molecule has 1 aliphatic heterocycles. The first-order valence-corrected chi connectivity index (χ1v) is 11.0. The van der Waals surface area contributed by atoms with Crippen LogP contribution in [0.3, 0.4) is 0 Å². The van der Waals surface area contributed by atoms with Gasteiger partial charge in [0.05, 0.1) is 0 Å². The summed E-state index contributed by atoms with van der Waals surface area (Å²) in [5, 5.41) is 2.96. The Morgan fingerprint density at radius 1 is 0.875 bits per heavy atom. The third-order valence-corrected chi connectivity index (χ3v) is 5.72. The Labute approximate surface area is 189 Å². The molecule has 0 saturated carbocycles. The van der Waals surface area contributed by atoms with Crippen LogP contribution in [-0.2, 0) is 4.79 Å². The molecule has 1 N–H and O–H groups in total. The van der Waals surface area contributed by atoms with Crippen molar-refractivity contribution in [3.05, 3.63) is 108 Å². The average molecular weight is 430 g/mol. The Hall–Kier alpha value is -3.28. The predicted molar refractivity (Wildman–Crippen MR) is 128 cm³/mol. The molecule has 0 aliphatic carbocycles. The Balaban J connectivity index is 1.39. The van der Waals surface area contributed by atoms with Crippen LogP contribution < -0.4 is 5.32 Å². The largest absolute Gasteiger partial charge is 0.324 e. The Bertz CT molecular complexity index is 1010. The summed E-state index contributed by atoms with van der Waals surface area (Å²) in [6.07, 6.45) is 4.34. The molecule has 1 amide bonds. The van der Waals surface area contributed by atoms with Gasteiger partial charge in [0.1, 0.15) is 11.9 Å². The summed E-state index contributed by atoms with van der Waals surface area (Å²) in [7, 11) is 0. The van der Waals surface area contributed by atoms with Gasteiger partial charge in [0.25, 0.3) is 0 Å². The summed E-state index contributed by atoms with van der Waals surface area (Å²) in [6, 6.07) is 25.6. The first-order valence-electron chi connectivity index (χ1n) is 11.0. The molecular weight excluding hydrogens is 401 g/mol.